The first-order valence-corrected chi connectivity index (χ1v) is 5.19. The van der Waals surface area contributed by atoms with Crippen molar-refractivity contribution in [1.82, 2.24) is 0 Å². The maximum absolute atomic E-state index is 11.6. The summed E-state index contributed by atoms with van der Waals surface area (Å²) in [6.45, 7) is 0. The minimum Gasteiger partial charge on any atom is -0.464 e. The maximum Gasteiger partial charge on any atom is 0.354 e. The number of halogens is 1. The molecule has 2 N–H and O–H groups in total. The van der Waals surface area contributed by atoms with Crippen molar-refractivity contribution in [2.45, 2.75) is 0 Å². The molecule has 0 fully saturated rings. The molecule has 5 heteroatoms. The van der Waals surface area contributed by atoms with Crippen molar-refractivity contribution in [1.29, 1.82) is 0 Å². The Balaban J connectivity index is 2.87. The van der Waals surface area contributed by atoms with Gasteiger partial charge in [-0.3, -0.25) is 4.79 Å². The number of ether oxygens (including phenoxy) is 1. The molecule has 1 aromatic carbocycles. The van der Waals surface area contributed by atoms with Gasteiger partial charge in [-0.05, 0) is 24.3 Å². The molecule has 0 bridgehead atoms. The standard InChI is InChI=1S/C11H10BrNO3/c1-16-11(15)9(13)6-10(14)7-2-4-8(12)5-3-7/h2-6H,13H2,1H3/b9-6-. The van der Waals surface area contributed by atoms with Crippen molar-refractivity contribution < 1.29 is 14.3 Å². The van der Waals surface area contributed by atoms with E-state index in [0.717, 1.165) is 10.5 Å². The van der Waals surface area contributed by atoms with Gasteiger partial charge in [-0.15, -0.1) is 0 Å². The fraction of sp³-hybridized carbons (Fsp3) is 0.0909. The zero-order valence-electron chi connectivity index (χ0n) is 8.57. The van der Waals surface area contributed by atoms with E-state index in [1.165, 1.54) is 7.11 Å². The van der Waals surface area contributed by atoms with Gasteiger partial charge in [0.05, 0.1) is 7.11 Å². The molecule has 1 rings (SSSR count). The van der Waals surface area contributed by atoms with Gasteiger partial charge in [0.25, 0.3) is 0 Å². The fourth-order valence-corrected chi connectivity index (χ4v) is 1.28. The molecular weight excluding hydrogens is 274 g/mol. The van der Waals surface area contributed by atoms with Crippen LogP contribution in [0.1, 0.15) is 10.4 Å². The molecule has 0 spiro atoms. The molecule has 0 saturated heterocycles. The molecule has 0 radical (unpaired) electrons. The second-order valence-electron chi connectivity index (χ2n) is 2.96. The molecule has 0 saturated carbocycles. The summed E-state index contributed by atoms with van der Waals surface area (Å²) in [5.74, 6) is -1.05. The Kier molecular flexibility index (Phi) is 4.25. The Bertz CT molecular complexity index is 437. The van der Waals surface area contributed by atoms with Crippen LogP contribution in [0.5, 0.6) is 0 Å². The first-order chi connectivity index (χ1) is 7.54. The molecule has 0 aliphatic rings. The van der Waals surface area contributed by atoms with Crippen LogP contribution in [0.3, 0.4) is 0 Å². The summed E-state index contributed by atoms with van der Waals surface area (Å²) in [5, 5.41) is 0. The van der Waals surface area contributed by atoms with Gasteiger partial charge < -0.3 is 10.5 Å². The summed E-state index contributed by atoms with van der Waals surface area (Å²) >= 11 is 3.25. The highest BCUT2D eigenvalue weighted by Gasteiger charge is 2.08. The lowest BCUT2D eigenvalue weighted by Crippen LogP contribution is -2.14. The van der Waals surface area contributed by atoms with Crippen LogP contribution in [0.25, 0.3) is 0 Å². The van der Waals surface area contributed by atoms with E-state index in [4.69, 9.17) is 5.73 Å². The Morgan fingerprint density at radius 2 is 1.88 bits per heavy atom. The van der Waals surface area contributed by atoms with Crippen molar-refractivity contribution in [2.24, 2.45) is 5.73 Å². The minimum atomic E-state index is -0.717. The first kappa shape index (κ1) is 12.4. The Hall–Kier alpha value is -1.62. The van der Waals surface area contributed by atoms with Gasteiger partial charge >= 0.3 is 5.97 Å². The molecule has 0 aliphatic carbocycles. The third-order valence-electron chi connectivity index (χ3n) is 1.84. The van der Waals surface area contributed by atoms with Crippen molar-refractivity contribution in [3.05, 3.63) is 46.1 Å². The third-order valence-corrected chi connectivity index (χ3v) is 2.37. The summed E-state index contributed by atoms with van der Waals surface area (Å²) in [7, 11) is 1.20. The summed E-state index contributed by atoms with van der Waals surface area (Å²) in [4.78, 5) is 22.6. The van der Waals surface area contributed by atoms with E-state index in [0.29, 0.717) is 5.56 Å². The van der Waals surface area contributed by atoms with Crippen LogP contribution in [0.2, 0.25) is 0 Å². The van der Waals surface area contributed by atoms with Crippen LogP contribution < -0.4 is 5.73 Å². The zero-order chi connectivity index (χ0) is 12.1. The van der Waals surface area contributed by atoms with E-state index in [1.54, 1.807) is 24.3 Å². The number of nitrogens with two attached hydrogens (primary N) is 1. The van der Waals surface area contributed by atoms with E-state index in [1.807, 2.05) is 0 Å². The van der Waals surface area contributed by atoms with E-state index in [9.17, 15) is 9.59 Å². The quantitative estimate of drug-likeness (QED) is 0.520. The number of ketones is 1. The van der Waals surface area contributed by atoms with Crippen molar-refractivity contribution >= 4 is 27.7 Å². The molecule has 0 aromatic heterocycles. The normalized spacial score (nSPS) is 11.0. The van der Waals surface area contributed by atoms with E-state index >= 15 is 0 Å². The number of carbonyl (C=O) groups is 2. The number of esters is 1. The van der Waals surface area contributed by atoms with Crippen LogP contribution in [-0.2, 0) is 9.53 Å². The second-order valence-corrected chi connectivity index (χ2v) is 3.88. The molecule has 0 heterocycles. The Morgan fingerprint density at radius 1 is 1.31 bits per heavy atom. The summed E-state index contributed by atoms with van der Waals surface area (Å²) in [6, 6.07) is 6.73. The predicted molar refractivity (Wildman–Crippen MR) is 62.8 cm³/mol. The van der Waals surface area contributed by atoms with Crippen molar-refractivity contribution in [2.75, 3.05) is 7.11 Å². The fourth-order valence-electron chi connectivity index (χ4n) is 1.02. The summed E-state index contributed by atoms with van der Waals surface area (Å²) in [6.07, 6.45) is 1.05. The molecule has 16 heavy (non-hydrogen) atoms. The highest BCUT2D eigenvalue weighted by Crippen LogP contribution is 2.11. The van der Waals surface area contributed by atoms with Gasteiger partial charge in [-0.25, -0.2) is 4.79 Å². The Morgan fingerprint density at radius 3 is 2.38 bits per heavy atom. The molecule has 0 unspecified atom stereocenters. The number of benzene rings is 1. The summed E-state index contributed by atoms with van der Waals surface area (Å²) < 4.78 is 5.25. The number of hydrogen-bond acceptors (Lipinski definition) is 4. The monoisotopic (exact) mass is 283 g/mol. The molecule has 84 valence electrons. The average molecular weight is 284 g/mol. The number of methoxy groups -OCH3 is 1. The number of hydrogen-bond donors (Lipinski definition) is 1. The molecule has 1 aromatic rings. The lowest BCUT2D eigenvalue weighted by atomic mass is 10.1. The SMILES string of the molecule is COC(=O)/C(N)=C/C(=O)c1ccc(Br)cc1. The van der Waals surface area contributed by atoms with Gasteiger partial charge in [0.15, 0.2) is 5.78 Å². The van der Waals surface area contributed by atoms with Crippen LogP contribution in [0.4, 0.5) is 0 Å². The molecule has 0 atom stereocenters. The van der Waals surface area contributed by atoms with Gasteiger partial charge in [-0.2, -0.15) is 0 Å². The van der Waals surface area contributed by atoms with Crippen LogP contribution in [-0.4, -0.2) is 18.9 Å². The first-order valence-electron chi connectivity index (χ1n) is 4.40. The maximum atomic E-state index is 11.6. The molecule has 0 aliphatic heterocycles. The van der Waals surface area contributed by atoms with Gasteiger partial charge in [-0.1, -0.05) is 15.9 Å². The van der Waals surface area contributed by atoms with Gasteiger partial charge in [0.1, 0.15) is 5.70 Å². The second kappa shape index (κ2) is 5.46. The Labute approximate surface area is 101 Å². The number of carbonyl (C=O) groups excluding carboxylic acids is 2. The van der Waals surface area contributed by atoms with E-state index in [-0.39, 0.29) is 11.5 Å². The lowest BCUT2D eigenvalue weighted by Gasteiger charge is -1.99. The smallest absolute Gasteiger partial charge is 0.354 e. The topological polar surface area (TPSA) is 69.4 Å². The lowest BCUT2D eigenvalue weighted by molar-refractivity contribution is -0.136. The zero-order valence-corrected chi connectivity index (χ0v) is 10.2. The third kappa shape index (κ3) is 3.20. The number of allylic oxidation sites excluding steroid dienone is 1. The van der Waals surface area contributed by atoms with Crippen molar-refractivity contribution in [3.63, 3.8) is 0 Å². The van der Waals surface area contributed by atoms with E-state index in [2.05, 4.69) is 20.7 Å². The van der Waals surface area contributed by atoms with E-state index < -0.39 is 5.97 Å². The van der Waals surface area contributed by atoms with Gasteiger partial charge in [0, 0.05) is 16.1 Å². The summed E-state index contributed by atoms with van der Waals surface area (Å²) in [5.41, 5.74) is 5.59. The van der Waals surface area contributed by atoms with Crippen LogP contribution in [0.15, 0.2) is 40.5 Å². The van der Waals surface area contributed by atoms with Crippen LogP contribution >= 0.6 is 15.9 Å². The van der Waals surface area contributed by atoms with Crippen molar-refractivity contribution in [3.8, 4) is 0 Å². The minimum absolute atomic E-state index is 0.213. The highest BCUT2D eigenvalue weighted by molar-refractivity contribution is 9.10. The largest absolute Gasteiger partial charge is 0.464 e. The average Bonchev–Trinajstić information content (AvgIpc) is 2.28. The van der Waals surface area contributed by atoms with Crippen LogP contribution in [0, 0.1) is 0 Å². The molecular formula is C11H10BrNO3. The highest BCUT2D eigenvalue weighted by atomic mass is 79.9. The molecule has 0 amide bonds. The molecule has 4 nitrogen and oxygen atoms in total. The van der Waals surface area contributed by atoms with Gasteiger partial charge in [0.2, 0.25) is 0 Å². The number of rotatable bonds is 3. The predicted octanol–water partition coefficient (Wildman–Crippen LogP) is 1.65.